The summed E-state index contributed by atoms with van der Waals surface area (Å²) in [6.45, 7) is 3.20. The van der Waals surface area contributed by atoms with Crippen molar-refractivity contribution in [1.82, 2.24) is 19.9 Å². The van der Waals surface area contributed by atoms with Crippen molar-refractivity contribution in [2.45, 2.75) is 44.4 Å². The van der Waals surface area contributed by atoms with Crippen LogP contribution in [0.2, 0.25) is 0 Å². The van der Waals surface area contributed by atoms with E-state index in [1.807, 2.05) is 48.4 Å². The lowest BCUT2D eigenvalue weighted by molar-refractivity contribution is 0.0708. The molecule has 6 heteroatoms. The Morgan fingerprint density at radius 1 is 1.00 bits per heavy atom. The molecule has 5 nitrogen and oxygen atoms in total. The van der Waals surface area contributed by atoms with Gasteiger partial charge in [0.25, 0.3) is 5.91 Å². The van der Waals surface area contributed by atoms with Crippen molar-refractivity contribution >= 4 is 16.8 Å². The molecule has 1 saturated heterocycles. The Bertz CT molecular complexity index is 1410. The first kappa shape index (κ1) is 21.8. The van der Waals surface area contributed by atoms with Gasteiger partial charge in [0.05, 0.1) is 16.8 Å². The number of fused-ring (bicyclic) bond motifs is 1. The van der Waals surface area contributed by atoms with Crippen LogP contribution in [-0.2, 0) is 0 Å². The van der Waals surface area contributed by atoms with Gasteiger partial charge >= 0.3 is 0 Å². The second-order valence-electron chi connectivity index (χ2n) is 9.70. The summed E-state index contributed by atoms with van der Waals surface area (Å²) >= 11 is 0. The van der Waals surface area contributed by atoms with E-state index in [-0.39, 0.29) is 17.6 Å². The number of carbonyl (C=O) groups is 1. The van der Waals surface area contributed by atoms with Gasteiger partial charge < -0.3 is 4.90 Å². The fraction of sp³-hybridized carbons (Fsp3) is 0.310. The van der Waals surface area contributed by atoms with E-state index in [9.17, 15) is 9.18 Å². The van der Waals surface area contributed by atoms with E-state index in [1.54, 1.807) is 12.1 Å². The number of halogens is 1. The molecular weight excluding hydrogens is 439 g/mol. The van der Waals surface area contributed by atoms with Gasteiger partial charge in [-0.3, -0.25) is 9.78 Å². The maximum absolute atomic E-state index is 13.9. The number of aromatic nitrogens is 3. The molecule has 35 heavy (non-hydrogen) atoms. The Kier molecular flexibility index (Phi) is 5.51. The number of rotatable bonds is 4. The van der Waals surface area contributed by atoms with E-state index in [0.29, 0.717) is 18.3 Å². The molecule has 176 valence electrons. The highest BCUT2D eigenvalue weighted by Crippen LogP contribution is 2.40. The fourth-order valence-corrected chi connectivity index (χ4v) is 5.17. The van der Waals surface area contributed by atoms with Crippen LogP contribution in [0.3, 0.4) is 0 Å². The standard InChI is InChI=1S/C29H27FN4O/c1-18-31-16-25(19-10-12-22(30)13-11-19)28(32-18)21-5-4-14-34(17-21)29(35)24-15-27(20-8-9-20)33-26-7-3-2-6-23(24)26/h2-3,6-7,10-13,15-16,20-21H,4-5,8-9,14,17H2,1H3. The van der Waals surface area contributed by atoms with Crippen LogP contribution in [0, 0.1) is 12.7 Å². The topological polar surface area (TPSA) is 59.0 Å². The van der Waals surface area contributed by atoms with Crippen LogP contribution >= 0.6 is 0 Å². The zero-order valence-electron chi connectivity index (χ0n) is 19.7. The molecule has 2 aliphatic rings. The molecule has 0 N–H and O–H groups in total. The molecule has 1 aliphatic heterocycles. The molecule has 1 unspecified atom stereocenters. The normalized spacial score (nSPS) is 18.1. The second-order valence-corrected chi connectivity index (χ2v) is 9.70. The quantitative estimate of drug-likeness (QED) is 0.368. The molecule has 2 aromatic carbocycles. The monoisotopic (exact) mass is 466 g/mol. The number of carbonyl (C=O) groups excluding carboxylic acids is 1. The highest BCUT2D eigenvalue weighted by Gasteiger charge is 2.31. The van der Waals surface area contributed by atoms with Gasteiger partial charge in [-0.1, -0.05) is 30.3 Å². The molecule has 4 aromatic rings. The summed E-state index contributed by atoms with van der Waals surface area (Å²) in [5.41, 5.74) is 5.39. The Morgan fingerprint density at radius 2 is 1.80 bits per heavy atom. The average molecular weight is 467 g/mol. The molecule has 0 bridgehead atoms. The largest absolute Gasteiger partial charge is 0.338 e. The summed E-state index contributed by atoms with van der Waals surface area (Å²) in [5.74, 6) is 1.05. The van der Waals surface area contributed by atoms with E-state index in [1.165, 1.54) is 12.1 Å². The van der Waals surface area contributed by atoms with Crippen LogP contribution < -0.4 is 0 Å². The lowest BCUT2D eigenvalue weighted by Crippen LogP contribution is -2.39. The number of para-hydroxylation sites is 1. The van der Waals surface area contributed by atoms with Crippen molar-refractivity contribution < 1.29 is 9.18 Å². The number of aryl methyl sites for hydroxylation is 1. The molecule has 2 aromatic heterocycles. The van der Waals surface area contributed by atoms with Crippen molar-refractivity contribution in [3.63, 3.8) is 0 Å². The Labute approximate surface area is 204 Å². The number of amides is 1. The third-order valence-electron chi connectivity index (χ3n) is 7.15. The summed E-state index contributed by atoms with van der Waals surface area (Å²) in [7, 11) is 0. The molecule has 3 heterocycles. The first-order chi connectivity index (χ1) is 17.1. The first-order valence-corrected chi connectivity index (χ1v) is 12.4. The van der Waals surface area contributed by atoms with Gasteiger partial charge in [0.2, 0.25) is 0 Å². The number of nitrogens with zero attached hydrogens (tertiary/aromatic N) is 4. The molecule has 1 aliphatic carbocycles. The summed E-state index contributed by atoms with van der Waals surface area (Å²) < 4.78 is 13.5. The SMILES string of the molecule is Cc1ncc(-c2ccc(F)cc2)c(C2CCCN(C(=O)c3cc(C4CC4)nc4ccccc34)C2)n1. The summed E-state index contributed by atoms with van der Waals surface area (Å²) in [5, 5.41) is 0.911. The van der Waals surface area contributed by atoms with Crippen molar-refractivity contribution in [2.24, 2.45) is 0 Å². The van der Waals surface area contributed by atoms with Gasteiger partial charge in [0.15, 0.2) is 0 Å². The Hall–Kier alpha value is -3.67. The summed E-state index contributed by atoms with van der Waals surface area (Å²) in [6.07, 6.45) is 5.96. The maximum atomic E-state index is 13.9. The van der Waals surface area contributed by atoms with Crippen molar-refractivity contribution in [3.8, 4) is 11.1 Å². The van der Waals surface area contributed by atoms with E-state index in [0.717, 1.165) is 71.2 Å². The minimum atomic E-state index is -0.270. The van der Waals surface area contributed by atoms with Gasteiger partial charge in [0.1, 0.15) is 11.6 Å². The fourth-order valence-electron chi connectivity index (χ4n) is 5.17. The van der Waals surface area contributed by atoms with Crippen LogP contribution in [0.15, 0.2) is 60.8 Å². The van der Waals surface area contributed by atoms with Crippen LogP contribution in [-0.4, -0.2) is 38.8 Å². The van der Waals surface area contributed by atoms with Crippen LogP contribution in [0.4, 0.5) is 4.39 Å². The minimum Gasteiger partial charge on any atom is -0.338 e. The molecule has 0 radical (unpaired) electrons. The van der Waals surface area contributed by atoms with E-state index in [2.05, 4.69) is 4.98 Å². The van der Waals surface area contributed by atoms with Gasteiger partial charge in [-0.15, -0.1) is 0 Å². The molecule has 2 fully saturated rings. The maximum Gasteiger partial charge on any atom is 0.254 e. The zero-order chi connectivity index (χ0) is 23.9. The van der Waals surface area contributed by atoms with E-state index >= 15 is 0 Å². The number of hydrogen-bond acceptors (Lipinski definition) is 4. The minimum absolute atomic E-state index is 0.0595. The Balaban J connectivity index is 1.34. The predicted octanol–water partition coefficient (Wildman–Crippen LogP) is 6.04. The Morgan fingerprint density at radius 3 is 2.60 bits per heavy atom. The van der Waals surface area contributed by atoms with Gasteiger partial charge in [-0.2, -0.15) is 0 Å². The summed E-state index contributed by atoms with van der Waals surface area (Å²) in [6, 6.07) is 16.4. The third-order valence-corrected chi connectivity index (χ3v) is 7.15. The van der Waals surface area contributed by atoms with Crippen LogP contribution in [0.25, 0.3) is 22.0 Å². The number of benzene rings is 2. The average Bonchev–Trinajstić information content (AvgIpc) is 3.74. The van der Waals surface area contributed by atoms with E-state index < -0.39 is 0 Å². The predicted molar refractivity (Wildman–Crippen MR) is 134 cm³/mol. The van der Waals surface area contributed by atoms with Gasteiger partial charge in [0, 0.05) is 47.8 Å². The summed E-state index contributed by atoms with van der Waals surface area (Å²) in [4.78, 5) is 29.9. The van der Waals surface area contributed by atoms with Crippen molar-refractivity contribution in [1.29, 1.82) is 0 Å². The molecule has 1 atom stereocenters. The molecule has 1 saturated carbocycles. The second kappa shape index (κ2) is 8.84. The lowest BCUT2D eigenvalue weighted by atomic mass is 9.89. The van der Waals surface area contributed by atoms with Crippen molar-refractivity contribution in [3.05, 3.63) is 89.4 Å². The van der Waals surface area contributed by atoms with Crippen LogP contribution in [0.1, 0.15) is 65.1 Å². The molecule has 0 spiro atoms. The number of pyridine rings is 1. The van der Waals surface area contributed by atoms with Gasteiger partial charge in [-0.05, 0) is 62.4 Å². The highest BCUT2D eigenvalue weighted by atomic mass is 19.1. The lowest BCUT2D eigenvalue weighted by Gasteiger charge is -2.33. The van der Waals surface area contributed by atoms with E-state index in [4.69, 9.17) is 9.97 Å². The van der Waals surface area contributed by atoms with Crippen molar-refractivity contribution in [2.75, 3.05) is 13.1 Å². The number of hydrogen-bond donors (Lipinski definition) is 0. The molecule has 1 amide bonds. The van der Waals surface area contributed by atoms with Gasteiger partial charge in [-0.25, -0.2) is 14.4 Å². The smallest absolute Gasteiger partial charge is 0.254 e. The third kappa shape index (κ3) is 4.29. The highest BCUT2D eigenvalue weighted by molar-refractivity contribution is 6.06. The van der Waals surface area contributed by atoms with Crippen LogP contribution in [0.5, 0.6) is 0 Å². The number of piperidine rings is 1. The zero-order valence-corrected chi connectivity index (χ0v) is 19.7. The molecular formula is C29H27FN4O. The molecule has 6 rings (SSSR count). The number of likely N-dealkylation sites (tertiary alicyclic amines) is 1. The first-order valence-electron chi connectivity index (χ1n) is 12.4.